The summed E-state index contributed by atoms with van der Waals surface area (Å²) >= 11 is 0. The van der Waals surface area contributed by atoms with Crippen LogP contribution in [0.4, 0.5) is 0 Å². The Labute approximate surface area is 107 Å². The number of carbonyl (C=O) groups excluding carboxylic acids is 1. The SMILES string of the molecule is CCOCCCNC(=O)C1=C(C(=O)O)CCCC1. The first-order valence-corrected chi connectivity index (χ1v) is 6.48. The molecule has 0 bridgehead atoms. The highest BCUT2D eigenvalue weighted by Crippen LogP contribution is 2.24. The van der Waals surface area contributed by atoms with Crippen molar-refractivity contribution < 1.29 is 19.4 Å². The van der Waals surface area contributed by atoms with Gasteiger partial charge in [0.15, 0.2) is 0 Å². The van der Waals surface area contributed by atoms with Crippen LogP contribution in [-0.4, -0.2) is 36.7 Å². The van der Waals surface area contributed by atoms with E-state index in [1.165, 1.54) is 0 Å². The molecule has 0 radical (unpaired) electrons. The summed E-state index contributed by atoms with van der Waals surface area (Å²) in [5.41, 5.74) is 0.730. The lowest BCUT2D eigenvalue weighted by atomic mass is 9.91. The quantitative estimate of drug-likeness (QED) is 0.676. The van der Waals surface area contributed by atoms with Gasteiger partial charge in [0.1, 0.15) is 0 Å². The standard InChI is InChI=1S/C13H21NO4/c1-2-18-9-5-8-14-12(15)10-6-3-4-7-11(10)13(16)17/h2-9H2,1H3,(H,14,15)(H,16,17). The van der Waals surface area contributed by atoms with E-state index in [4.69, 9.17) is 9.84 Å². The van der Waals surface area contributed by atoms with E-state index in [1.807, 2.05) is 6.92 Å². The summed E-state index contributed by atoms with van der Waals surface area (Å²) in [5, 5.41) is 11.8. The van der Waals surface area contributed by atoms with Crippen LogP contribution < -0.4 is 5.32 Å². The Bertz CT molecular complexity index is 336. The van der Waals surface area contributed by atoms with Crippen LogP contribution in [0.1, 0.15) is 39.0 Å². The molecule has 5 heteroatoms. The van der Waals surface area contributed by atoms with Crippen molar-refractivity contribution in [1.29, 1.82) is 0 Å². The molecule has 0 spiro atoms. The van der Waals surface area contributed by atoms with Crippen molar-refractivity contribution in [1.82, 2.24) is 5.32 Å². The van der Waals surface area contributed by atoms with E-state index in [0.29, 0.717) is 38.2 Å². The molecule has 102 valence electrons. The fraction of sp³-hybridized carbons (Fsp3) is 0.692. The number of carbonyl (C=O) groups is 2. The highest BCUT2D eigenvalue weighted by atomic mass is 16.5. The van der Waals surface area contributed by atoms with Gasteiger partial charge in [-0.15, -0.1) is 0 Å². The molecule has 0 saturated heterocycles. The number of carboxylic acids is 1. The number of nitrogens with one attached hydrogen (secondary N) is 1. The van der Waals surface area contributed by atoms with E-state index in [-0.39, 0.29) is 11.5 Å². The van der Waals surface area contributed by atoms with Crippen molar-refractivity contribution in [3.8, 4) is 0 Å². The van der Waals surface area contributed by atoms with Gasteiger partial charge in [-0.05, 0) is 39.0 Å². The third kappa shape index (κ3) is 4.49. The van der Waals surface area contributed by atoms with Gasteiger partial charge in [0.05, 0.1) is 0 Å². The minimum Gasteiger partial charge on any atom is -0.478 e. The summed E-state index contributed by atoms with van der Waals surface area (Å²) in [7, 11) is 0. The van der Waals surface area contributed by atoms with Gasteiger partial charge in [-0.1, -0.05) is 0 Å². The van der Waals surface area contributed by atoms with Gasteiger partial charge < -0.3 is 15.2 Å². The molecule has 0 heterocycles. The van der Waals surface area contributed by atoms with Crippen molar-refractivity contribution >= 4 is 11.9 Å². The lowest BCUT2D eigenvalue weighted by Gasteiger charge is -2.17. The highest BCUT2D eigenvalue weighted by Gasteiger charge is 2.22. The summed E-state index contributed by atoms with van der Waals surface area (Å²) in [4.78, 5) is 22.9. The lowest BCUT2D eigenvalue weighted by Crippen LogP contribution is -2.29. The molecule has 0 aromatic heterocycles. The predicted octanol–water partition coefficient (Wildman–Crippen LogP) is 1.48. The monoisotopic (exact) mass is 255 g/mol. The second kappa shape index (κ2) is 7.87. The summed E-state index contributed by atoms with van der Waals surface area (Å²) in [5.74, 6) is -1.20. The first-order valence-electron chi connectivity index (χ1n) is 6.48. The Balaban J connectivity index is 2.46. The fourth-order valence-electron chi connectivity index (χ4n) is 2.02. The molecule has 0 aliphatic heterocycles. The van der Waals surface area contributed by atoms with Gasteiger partial charge in [0, 0.05) is 30.9 Å². The molecule has 18 heavy (non-hydrogen) atoms. The van der Waals surface area contributed by atoms with Gasteiger partial charge in [-0.3, -0.25) is 4.79 Å². The number of ether oxygens (including phenoxy) is 1. The van der Waals surface area contributed by atoms with Crippen molar-refractivity contribution in [2.45, 2.75) is 39.0 Å². The third-order valence-corrected chi connectivity index (χ3v) is 2.96. The minimum atomic E-state index is -0.964. The molecule has 1 aliphatic carbocycles. The zero-order valence-electron chi connectivity index (χ0n) is 10.8. The second-order valence-corrected chi connectivity index (χ2v) is 4.28. The van der Waals surface area contributed by atoms with E-state index in [2.05, 4.69) is 5.32 Å². The Morgan fingerprint density at radius 2 is 1.94 bits per heavy atom. The van der Waals surface area contributed by atoms with Crippen LogP contribution in [-0.2, 0) is 14.3 Å². The second-order valence-electron chi connectivity index (χ2n) is 4.28. The van der Waals surface area contributed by atoms with Crippen LogP contribution in [0.2, 0.25) is 0 Å². The largest absolute Gasteiger partial charge is 0.478 e. The lowest BCUT2D eigenvalue weighted by molar-refractivity contribution is -0.133. The van der Waals surface area contributed by atoms with Gasteiger partial charge in [0.25, 0.3) is 0 Å². The maximum absolute atomic E-state index is 11.9. The maximum Gasteiger partial charge on any atom is 0.332 e. The number of amides is 1. The predicted molar refractivity (Wildman–Crippen MR) is 67.2 cm³/mol. The average molecular weight is 255 g/mol. The molecule has 0 unspecified atom stereocenters. The number of hydrogen-bond acceptors (Lipinski definition) is 3. The first-order chi connectivity index (χ1) is 8.66. The molecule has 0 fully saturated rings. The van der Waals surface area contributed by atoms with Crippen LogP contribution >= 0.6 is 0 Å². The van der Waals surface area contributed by atoms with Crippen molar-refractivity contribution in [3.05, 3.63) is 11.1 Å². The normalized spacial score (nSPS) is 15.6. The molecule has 0 aromatic carbocycles. The van der Waals surface area contributed by atoms with E-state index >= 15 is 0 Å². The molecule has 5 nitrogen and oxygen atoms in total. The van der Waals surface area contributed by atoms with Crippen LogP contribution in [0.25, 0.3) is 0 Å². The van der Waals surface area contributed by atoms with E-state index in [1.54, 1.807) is 0 Å². The van der Waals surface area contributed by atoms with E-state index < -0.39 is 5.97 Å². The average Bonchev–Trinajstić information content (AvgIpc) is 2.38. The molecule has 1 amide bonds. The van der Waals surface area contributed by atoms with E-state index in [9.17, 15) is 9.59 Å². The molecule has 0 atom stereocenters. The van der Waals surface area contributed by atoms with Crippen molar-refractivity contribution in [2.75, 3.05) is 19.8 Å². The van der Waals surface area contributed by atoms with Crippen LogP contribution in [0.5, 0.6) is 0 Å². The molecular weight excluding hydrogens is 234 g/mol. The van der Waals surface area contributed by atoms with Crippen molar-refractivity contribution in [2.24, 2.45) is 0 Å². The Hall–Kier alpha value is -1.36. The Morgan fingerprint density at radius 3 is 2.56 bits per heavy atom. The summed E-state index contributed by atoms with van der Waals surface area (Å²) in [6, 6.07) is 0. The first kappa shape index (κ1) is 14.7. The molecule has 1 aliphatic rings. The minimum absolute atomic E-state index is 0.233. The molecule has 1 rings (SSSR count). The maximum atomic E-state index is 11.9. The molecule has 2 N–H and O–H groups in total. The van der Waals surface area contributed by atoms with Crippen LogP contribution in [0.3, 0.4) is 0 Å². The van der Waals surface area contributed by atoms with E-state index in [0.717, 1.165) is 19.3 Å². The number of carboxylic acid groups (broad SMARTS) is 1. The Morgan fingerprint density at radius 1 is 1.28 bits per heavy atom. The van der Waals surface area contributed by atoms with Crippen LogP contribution in [0, 0.1) is 0 Å². The summed E-state index contributed by atoms with van der Waals surface area (Å²) in [6.07, 6.45) is 3.55. The van der Waals surface area contributed by atoms with Crippen molar-refractivity contribution in [3.63, 3.8) is 0 Å². The van der Waals surface area contributed by atoms with Gasteiger partial charge in [-0.2, -0.15) is 0 Å². The fourth-order valence-corrected chi connectivity index (χ4v) is 2.02. The van der Waals surface area contributed by atoms with Gasteiger partial charge in [0.2, 0.25) is 5.91 Å². The highest BCUT2D eigenvalue weighted by molar-refractivity contribution is 6.02. The summed E-state index contributed by atoms with van der Waals surface area (Å²) < 4.78 is 5.16. The molecule has 0 saturated carbocycles. The van der Waals surface area contributed by atoms with Crippen LogP contribution in [0.15, 0.2) is 11.1 Å². The summed E-state index contributed by atoms with van der Waals surface area (Å²) in [6.45, 7) is 3.73. The zero-order chi connectivity index (χ0) is 13.4. The molecular formula is C13H21NO4. The topological polar surface area (TPSA) is 75.6 Å². The zero-order valence-corrected chi connectivity index (χ0v) is 10.8. The van der Waals surface area contributed by atoms with Gasteiger partial charge in [-0.25, -0.2) is 4.79 Å². The smallest absolute Gasteiger partial charge is 0.332 e. The number of hydrogen-bond donors (Lipinski definition) is 2. The third-order valence-electron chi connectivity index (χ3n) is 2.96. The van der Waals surface area contributed by atoms with Gasteiger partial charge >= 0.3 is 5.97 Å². The number of aliphatic carboxylic acids is 1. The number of rotatable bonds is 7. The Kier molecular flexibility index (Phi) is 6.43. The molecule has 0 aromatic rings.